The number of aryl methyl sites for hydroxylation is 1. The summed E-state index contributed by atoms with van der Waals surface area (Å²) in [5, 5.41) is 0. The SMILES string of the molecule is COc1ccc(C(C(C)N)N2CCCC2)cc1C. The molecule has 0 bridgehead atoms. The highest BCUT2D eigenvalue weighted by Gasteiger charge is 2.26. The topological polar surface area (TPSA) is 38.5 Å². The summed E-state index contributed by atoms with van der Waals surface area (Å²) in [7, 11) is 1.71. The molecule has 2 unspecified atom stereocenters. The lowest BCUT2D eigenvalue weighted by Gasteiger charge is -2.31. The Morgan fingerprint density at radius 2 is 1.94 bits per heavy atom. The molecule has 1 fully saturated rings. The quantitative estimate of drug-likeness (QED) is 0.889. The van der Waals surface area contributed by atoms with Crippen LogP contribution in [0.3, 0.4) is 0 Å². The molecule has 0 aromatic heterocycles. The number of nitrogens with zero attached hydrogens (tertiary/aromatic N) is 1. The van der Waals surface area contributed by atoms with Crippen LogP contribution in [0.4, 0.5) is 0 Å². The van der Waals surface area contributed by atoms with Gasteiger partial charge in [0.25, 0.3) is 0 Å². The number of ether oxygens (including phenoxy) is 1. The molecule has 1 saturated heterocycles. The van der Waals surface area contributed by atoms with E-state index in [-0.39, 0.29) is 6.04 Å². The van der Waals surface area contributed by atoms with Crippen LogP contribution in [0.1, 0.15) is 36.9 Å². The lowest BCUT2D eigenvalue weighted by Crippen LogP contribution is -2.37. The standard InChI is InChI=1S/C15H24N2O/c1-11-10-13(6-7-14(11)18-3)15(12(2)16)17-8-4-5-9-17/h6-7,10,12,15H,4-5,8-9,16H2,1-3H3. The molecule has 1 aromatic carbocycles. The van der Waals surface area contributed by atoms with Crippen LogP contribution >= 0.6 is 0 Å². The number of nitrogens with two attached hydrogens (primary N) is 1. The fraction of sp³-hybridized carbons (Fsp3) is 0.600. The Hall–Kier alpha value is -1.06. The third-order valence-electron chi connectivity index (χ3n) is 3.79. The normalized spacial score (nSPS) is 19.8. The Morgan fingerprint density at radius 3 is 2.44 bits per heavy atom. The summed E-state index contributed by atoms with van der Waals surface area (Å²) in [5.41, 5.74) is 8.69. The van der Waals surface area contributed by atoms with Crippen LogP contribution in [0.2, 0.25) is 0 Å². The van der Waals surface area contributed by atoms with Gasteiger partial charge in [0, 0.05) is 12.1 Å². The van der Waals surface area contributed by atoms with Gasteiger partial charge in [0.2, 0.25) is 0 Å². The summed E-state index contributed by atoms with van der Waals surface area (Å²) in [6.07, 6.45) is 2.58. The molecule has 2 rings (SSSR count). The number of methoxy groups -OCH3 is 1. The first-order valence-corrected chi connectivity index (χ1v) is 6.77. The van der Waals surface area contributed by atoms with E-state index in [1.165, 1.54) is 24.0 Å². The molecule has 2 N–H and O–H groups in total. The van der Waals surface area contributed by atoms with Gasteiger partial charge in [-0.2, -0.15) is 0 Å². The van der Waals surface area contributed by atoms with E-state index in [0.717, 1.165) is 18.8 Å². The van der Waals surface area contributed by atoms with Crippen molar-refractivity contribution in [3.63, 3.8) is 0 Å². The monoisotopic (exact) mass is 248 g/mol. The minimum Gasteiger partial charge on any atom is -0.496 e. The van der Waals surface area contributed by atoms with Gasteiger partial charge in [-0.3, -0.25) is 4.90 Å². The molecule has 0 amide bonds. The highest BCUT2D eigenvalue weighted by atomic mass is 16.5. The largest absolute Gasteiger partial charge is 0.496 e. The average Bonchev–Trinajstić information content (AvgIpc) is 2.82. The van der Waals surface area contributed by atoms with Gasteiger partial charge in [0.05, 0.1) is 7.11 Å². The molecule has 1 aromatic rings. The second-order valence-electron chi connectivity index (χ2n) is 5.28. The van der Waals surface area contributed by atoms with Gasteiger partial charge in [-0.25, -0.2) is 0 Å². The predicted molar refractivity (Wildman–Crippen MR) is 74.9 cm³/mol. The summed E-state index contributed by atoms with van der Waals surface area (Å²) < 4.78 is 5.32. The molecule has 1 heterocycles. The van der Waals surface area contributed by atoms with E-state index in [9.17, 15) is 0 Å². The second-order valence-corrected chi connectivity index (χ2v) is 5.28. The zero-order chi connectivity index (χ0) is 13.1. The Balaban J connectivity index is 2.27. The Morgan fingerprint density at radius 1 is 1.28 bits per heavy atom. The van der Waals surface area contributed by atoms with Crippen LogP contribution in [0.15, 0.2) is 18.2 Å². The van der Waals surface area contributed by atoms with Crippen molar-refractivity contribution in [2.45, 2.75) is 38.8 Å². The minimum absolute atomic E-state index is 0.149. The molecule has 3 heteroatoms. The van der Waals surface area contributed by atoms with Crippen LogP contribution in [0.5, 0.6) is 5.75 Å². The third-order valence-corrected chi connectivity index (χ3v) is 3.79. The van der Waals surface area contributed by atoms with Gasteiger partial charge in [0.1, 0.15) is 5.75 Å². The number of rotatable bonds is 4. The maximum Gasteiger partial charge on any atom is 0.121 e. The smallest absolute Gasteiger partial charge is 0.121 e. The zero-order valence-electron chi connectivity index (χ0n) is 11.6. The number of hydrogen-bond acceptors (Lipinski definition) is 3. The van der Waals surface area contributed by atoms with E-state index in [2.05, 4.69) is 36.9 Å². The third kappa shape index (κ3) is 2.68. The molecule has 0 spiro atoms. The molecular formula is C15H24N2O. The summed E-state index contributed by atoms with van der Waals surface area (Å²) in [6, 6.07) is 6.90. The molecule has 18 heavy (non-hydrogen) atoms. The maximum atomic E-state index is 6.20. The van der Waals surface area contributed by atoms with E-state index in [4.69, 9.17) is 10.5 Å². The molecule has 2 atom stereocenters. The molecule has 0 radical (unpaired) electrons. The lowest BCUT2D eigenvalue weighted by atomic mass is 9.97. The molecule has 0 aliphatic carbocycles. The number of benzene rings is 1. The van der Waals surface area contributed by atoms with Crippen LogP contribution in [0.25, 0.3) is 0 Å². The highest BCUT2D eigenvalue weighted by molar-refractivity contribution is 5.37. The fourth-order valence-corrected chi connectivity index (χ4v) is 2.95. The van der Waals surface area contributed by atoms with Crippen LogP contribution in [-0.2, 0) is 0 Å². The van der Waals surface area contributed by atoms with Crippen molar-refractivity contribution in [1.82, 2.24) is 4.90 Å². The van der Waals surface area contributed by atoms with E-state index in [0.29, 0.717) is 6.04 Å². The molecular weight excluding hydrogens is 224 g/mol. The summed E-state index contributed by atoms with van der Waals surface area (Å²) in [4.78, 5) is 2.51. The predicted octanol–water partition coefficient (Wildman–Crippen LogP) is 2.49. The maximum absolute atomic E-state index is 6.20. The van der Waals surface area contributed by atoms with Gasteiger partial charge in [-0.05, 0) is 57.0 Å². The van der Waals surface area contributed by atoms with E-state index in [1.54, 1.807) is 7.11 Å². The van der Waals surface area contributed by atoms with Crippen LogP contribution in [-0.4, -0.2) is 31.1 Å². The summed E-state index contributed by atoms with van der Waals surface area (Å²) in [5.74, 6) is 0.948. The fourth-order valence-electron chi connectivity index (χ4n) is 2.95. The van der Waals surface area contributed by atoms with Crippen molar-refractivity contribution >= 4 is 0 Å². The van der Waals surface area contributed by atoms with Gasteiger partial charge >= 0.3 is 0 Å². The van der Waals surface area contributed by atoms with E-state index < -0.39 is 0 Å². The van der Waals surface area contributed by atoms with Crippen LogP contribution in [0, 0.1) is 6.92 Å². The average molecular weight is 248 g/mol. The lowest BCUT2D eigenvalue weighted by molar-refractivity contribution is 0.219. The van der Waals surface area contributed by atoms with Crippen molar-refractivity contribution in [1.29, 1.82) is 0 Å². The minimum atomic E-state index is 0.149. The first-order chi connectivity index (χ1) is 8.63. The van der Waals surface area contributed by atoms with Gasteiger partial charge in [0.15, 0.2) is 0 Å². The number of hydrogen-bond donors (Lipinski definition) is 1. The van der Waals surface area contributed by atoms with Gasteiger partial charge in [-0.1, -0.05) is 12.1 Å². The molecule has 3 nitrogen and oxygen atoms in total. The van der Waals surface area contributed by atoms with Crippen molar-refractivity contribution in [3.8, 4) is 5.75 Å². The van der Waals surface area contributed by atoms with Crippen LogP contribution < -0.4 is 10.5 Å². The zero-order valence-corrected chi connectivity index (χ0v) is 11.6. The first kappa shape index (κ1) is 13.4. The van der Waals surface area contributed by atoms with Gasteiger partial charge in [-0.15, -0.1) is 0 Å². The van der Waals surface area contributed by atoms with Crippen molar-refractivity contribution < 1.29 is 4.74 Å². The Labute approximate surface area is 110 Å². The molecule has 1 aliphatic rings. The molecule has 100 valence electrons. The van der Waals surface area contributed by atoms with Crippen molar-refractivity contribution in [3.05, 3.63) is 29.3 Å². The molecule has 0 saturated carbocycles. The first-order valence-electron chi connectivity index (χ1n) is 6.77. The molecule has 1 aliphatic heterocycles. The summed E-state index contributed by atoms with van der Waals surface area (Å²) >= 11 is 0. The van der Waals surface area contributed by atoms with E-state index >= 15 is 0 Å². The number of likely N-dealkylation sites (tertiary alicyclic amines) is 1. The second kappa shape index (κ2) is 5.72. The summed E-state index contributed by atoms with van der Waals surface area (Å²) in [6.45, 7) is 6.52. The van der Waals surface area contributed by atoms with Gasteiger partial charge < -0.3 is 10.5 Å². The van der Waals surface area contributed by atoms with Crippen molar-refractivity contribution in [2.75, 3.05) is 20.2 Å². The Bertz CT molecular complexity index is 397. The Kier molecular flexibility index (Phi) is 4.25. The highest BCUT2D eigenvalue weighted by Crippen LogP contribution is 2.30. The van der Waals surface area contributed by atoms with Crippen molar-refractivity contribution in [2.24, 2.45) is 5.73 Å². The van der Waals surface area contributed by atoms with E-state index in [1.807, 2.05) is 0 Å².